The van der Waals surface area contributed by atoms with Crippen molar-refractivity contribution in [3.63, 3.8) is 0 Å². The van der Waals surface area contributed by atoms with Gasteiger partial charge in [0.05, 0.1) is 19.3 Å². The van der Waals surface area contributed by atoms with Crippen LogP contribution in [0.25, 0.3) is 0 Å². The van der Waals surface area contributed by atoms with E-state index in [0.717, 1.165) is 32.0 Å². The van der Waals surface area contributed by atoms with Gasteiger partial charge in [-0.05, 0) is 26.2 Å². The van der Waals surface area contributed by atoms with E-state index in [1.54, 1.807) is 0 Å². The Morgan fingerprint density at radius 1 is 1.12 bits per heavy atom. The van der Waals surface area contributed by atoms with Crippen LogP contribution in [-0.2, 0) is 9.47 Å². The number of alkyl halides is 3. The fourth-order valence-corrected chi connectivity index (χ4v) is 3.91. The van der Waals surface area contributed by atoms with E-state index >= 15 is 0 Å². The van der Waals surface area contributed by atoms with Gasteiger partial charge in [0, 0.05) is 45.4 Å². The Bertz CT molecular complexity index is 483. The summed E-state index contributed by atoms with van der Waals surface area (Å²) < 4.78 is 49.4. The van der Waals surface area contributed by atoms with E-state index in [0.29, 0.717) is 39.2 Å². The molecule has 0 spiro atoms. The number of ether oxygens (including phenoxy) is 2. The van der Waals surface area contributed by atoms with Gasteiger partial charge in [0.1, 0.15) is 6.10 Å². The molecule has 6 nitrogen and oxygen atoms in total. The fraction of sp³-hybridized carbons (Fsp3) is 0.941. The van der Waals surface area contributed by atoms with Gasteiger partial charge in [-0.1, -0.05) is 0 Å². The molecule has 0 aromatic heterocycles. The zero-order valence-corrected chi connectivity index (χ0v) is 15.3. The predicted molar refractivity (Wildman–Crippen MR) is 92.3 cm³/mol. The quantitative estimate of drug-likeness (QED) is 0.593. The first-order valence-corrected chi connectivity index (χ1v) is 9.53. The van der Waals surface area contributed by atoms with Crippen LogP contribution in [0.3, 0.4) is 0 Å². The molecule has 1 N–H and O–H groups in total. The van der Waals surface area contributed by atoms with Gasteiger partial charge in [-0.2, -0.15) is 13.2 Å². The summed E-state index contributed by atoms with van der Waals surface area (Å²) >= 11 is 0. The fourth-order valence-electron chi connectivity index (χ4n) is 3.91. The average molecular weight is 378 g/mol. The molecule has 3 heterocycles. The molecule has 3 rings (SSSR count). The second-order valence-corrected chi connectivity index (χ2v) is 7.18. The highest BCUT2D eigenvalue weighted by Gasteiger charge is 2.36. The van der Waals surface area contributed by atoms with Crippen molar-refractivity contribution in [2.24, 2.45) is 4.99 Å². The summed E-state index contributed by atoms with van der Waals surface area (Å²) in [6.45, 7) is 5.43. The Hall–Kier alpha value is -1.06. The van der Waals surface area contributed by atoms with Gasteiger partial charge in [-0.3, -0.25) is 9.89 Å². The summed E-state index contributed by atoms with van der Waals surface area (Å²) in [4.78, 5) is 8.18. The van der Waals surface area contributed by atoms with Crippen molar-refractivity contribution >= 4 is 5.96 Å². The minimum atomic E-state index is -4.14. The molecule has 9 heteroatoms. The van der Waals surface area contributed by atoms with E-state index in [1.165, 1.54) is 4.90 Å². The molecule has 0 bridgehead atoms. The van der Waals surface area contributed by atoms with Crippen LogP contribution in [0.2, 0.25) is 0 Å². The van der Waals surface area contributed by atoms with Crippen LogP contribution in [-0.4, -0.2) is 92.7 Å². The lowest BCUT2D eigenvalue weighted by atomic mass is 10.1. The van der Waals surface area contributed by atoms with Crippen molar-refractivity contribution in [2.75, 3.05) is 52.5 Å². The summed E-state index contributed by atoms with van der Waals surface area (Å²) in [5.74, 6) is 0.776. The lowest BCUT2D eigenvalue weighted by Crippen LogP contribution is -2.55. The summed E-state index contributed by atoms with van der Waals surface area (Å²) in [6, 6.07) is -0.00771. The molecule has 0 aromatic carbocycles. The van der Waals surface area contributed by atoms with Crippen LogP contribution in [0.15, 0.2) is 4.99 Å². The van der Waals surface area contributed by atoms with E-state index in [2.05, 4.69) is 15.2 Å². The summed E-state index contributed by atoms with van der Waals surface area (Å²) in [6.07, 6.45) is -1.21. The Kier molecular flexibility index (Phi) is 6.63. The van der Waals surface area contributed by atoms with Crippen LogP contribution in [0, 0.1) is 0 Å². The van der Waals surface area contributed by atoms with Gasteiger partial charge in [0.2, 0.25) is 0 Å². The van der Waals surface area contributed by atoms with Crippen LogP contribution >= 0.6 is 0 Å². The summed E-state index contributed by atoms with van der Waals surface area (Å²) in [5, 5.41) is 3.38. The van der Waals surface area contributed by atoms with Crippen LogP contribution in [0.5, 0.6) is 0 Å². The molecule has 0 radical (unpaired) electrons. The number of halogens is 3. The highest BCUT2D eigenvalue weighted by Crippen LogP contribution is 2.22. The number of rotatable bonds is 4. The molecule has 0 aliphatic carbocycles. The maximum absolute atomic E-state index is 12.6. The van der Waals surface area contributed by atoms with Crippen molar-refractivity contribution in [1.82, 2.24) is 15.1 Å². The molecule has 3 saturated heterocycles. The summed E-state index contributed by atoms with van der Waals surface area (Å²) in [7, 11) is 0. The van der Waals surface area contributed by atoms with Gasteiger partial charge >= 0.3 is 6.18 Å². The van der Waals surface area contributed by atoms with Gasteiger partial charge in [0.25, 0.3) is 0 Å². The van der Waals surface area contributed by atoms with E-state index in [4.69, 9.17) is 9.47 Å². The van der Waals surface area contributed by atoms with Gasteiger partial charge in [-0.15, -0.1) is 0 Å². The van der Waals surface area contributed by atoms with E-state index in [-0.39, 0.29) is 18.2 Å². The average Bonchev–Trinajstić information content (AvgIpc) is 3.25. The van der Waals surface area contributed by atoms with Gasteiger partial charge < -0.3 is 19.7 Å². The number of likely N-dealkylation sites (tertiary alicyclic amines) is 1. The number of morpholine rings is 1. The number of nitrogens with zero attached hydrogens (tertiary/aromatic N) is 3. The second kappa shape index (κ2) is 8.75. The third kappa shape index (κ3) is 5.47. The molecule has 0 saturated carbocycles. The first-order chi connectivity index (χ1) is 12.4. The van der Waals surface area contributed by atoms with Crippen molar-refractivity contribution in [3.05, 3.63) is 0 Å². The SMILES string of the molecule is CCN=C(NC1CCN(CC(F)(F)F)C1)N1CCOC(C2CCCO2)C1. The number of nitrogens with one attached hydrogen (secondary N) is 1. The maximum Gasteiger partial charge on any atom is 0.401 e. The standard InChI is InChI=1S/C17H29F3N4O2/c1-2-21-16(22-13-5-6-23(10-13)12-17(18,19)20)24-7-9-26-15(11-24)14-4-3-8-25-14/h13-15H,2-12H2,1H3,(H,21,22). The number of hydrogen-bond donors (Lipinski definition) is 1. The summed E-state index contributed by atoms with van der Waals surface area (Å²) in [5.41, 5.74) is 0. The highest BCUT2D eigenvalue weighted by molar-refractivity contribution is 5.80. The maximum atomic E-state index is 12.6. The second-order valence-electron chi connectivity index (χ2n) is 7.18. The number of guanidine groups is 1. The van der Waals surface area contributed by atoms with Crippen molar-refractivity contribution in [1.29, 1.82) is 0 Å². The molecule has 3 fully saturated rings. The molecule has 3 unspecified atom stereocenters. The highest BCUT2D eigenvalue weighted by atomic mass is 19.4. The molecular formula is C17H29F3N4O2. The van der Waals surface area contributed by atoms with E-state index < -0.39 is 12.7 Å². The van der Waals surface area contributed by atoms with E-state index in [1.807, 2.05) is 6.92 Å². The van der Waals surface area contributed by atoms with Gasteiger partial charge in [0.15, 0.2) is 5.96 Å². The topological polar surface area (TPSA) is 49.3 Å². The van der Waals surface area contributed by atoms with Crippen LogP contribution < -0.4 is 5.32 Å². The zero-order valence-electron chi connectivity index (χ0n) is 15.3. The Morgan fingerprint density at radius 2 is 1.92 bits per heavy atom. The predicted octanol–water partition coefficient (Wildman–Crippen LogP) is 1.47. The molecule has 3 aliphatic rings. The first kappa shape index (κ1) is 19.7. The zero-order chi connectivity index (χ0) is 18.6. The third-order valence-electron chi connectivity index (χ3n) is 5.09. The monoisotopic (exact) mass is 378 g/mol. The Balaban J connectivity index is 1.55. The molecule has 26 heavy (non-hydrogen) atoms. The largest absolute Gasteiger partial charge is 0.401 e. The van der Waals surface area contributed by atoms with Crippen molar-refractivity contribution in [3.8, 4) is 0 Å². The molecule has 0 amide bonds. The number of aliphatic imine (C=N–C) groups is 1. The normalized spacial score (nSPS) is 31.6. The van der Waals surface area contributed by atoms with Crippen LogP contribution in [0.1, 0.15) is 26.2 Å². The first-order valence-electron chi connectivity index (χ1n) is 9.53. The van der Waals surface area contributed by atoms with Crippen molar-refractivity contribution in [2.45, 2.75) is 50.6 Å². The van der Waals surface area contributed by atoms with Gasteiger partial charge in [-0.25, -0.2) is 0 Å². The lowest BCUT2D eigenvalue weighted by molar-refractivity contribution is -0.143. The van der Waals surface area contributed by atoms with E-state index in [9.17, 15) is 13.2 Å². The third-order valence-corrected chi connectivity index (χ3v) is 5.09. The minimum absolute atomic E-state index is 0.00771. The molecule has 0 aromatic rings. The Labute approximate surface area is 152 Å². The smallest absolute Gasteiger partial charge is 0.375 e. The number of hydrogen-bond acceptors (Lipinski definition) is 4. The molecular weight excluding hydrogens is 349 g/mol. The van der Waals surface area contributed by atoms with Crippen molar-refractivity contribution < 1.29 is 22.6 Å². The molecule has 3 aliphatic heterocycles. The minimum Gasteiger partial charge on any atom is -0.375 e. The Morgan fingerprint density at radius 3 is 2.62 bits per heavy atom. The van der Waals surface area contributed by atoms with Crippen LogP contribution in [0.4, 0.5) is 13.2 Å². The molecule has 150 valence electrons. The molecule has 3 atom stereocenters. The lowest BCUT2D eigenvalue weighted by Gasteiger charge is -2.38.